The van der Waals surface area contributed by atoms with Crippen LogP contribution in [0.15, 0.2) is 24.3 Å². The molecule has 2 fully saturated rings. The summed E-state index contributed by atoms with van der Waals surface area (Å²) in [6.07, 6.45) is 5.62. The van der Waals surface area contributed by atoms with Gasteiger partial charge in [0.05, 0.1) is 25.4 Å². The Balaban J connectivity index is 1.52. The van der Waals surface area contributed by atoms with Crippen LogP contribution in [0.4, 0.5) is 4.79 Å². The number of benzene rings is 1. The van der Waals surface area contributed by atoms with E-state index < -0.39 is 11.2 Å². The number of rotatable bonds is 9. The molecular formula is C29H46N2O6. The fourth-order valence-corrected chi connectivity index (χ4v) is 5.07. The fourth-order valence-electron chi connectivity index (χ4n) is 5.07. The van der Waals surface area contributed by atoms with Gasteiger partial charge in [0, 0.05) is 6.04 Å². The van der Waals surface area contributed by atoms with Crippen LogP contribution in [-0.2, 0) is 19.0 Å². The fraction of sp³-hybridized carbons (Fsp3) is 0.724. The molecule has 1 saturated heterocycles. The second kappa shape index (κ2) is 13.0. The first-order chi connectivity index (χ1) is 17.5. The Morgan fingerprint density at radius 3 is 2.41 bits per heavy atom. The van der Waals surface area contributed by atoms with Crippen molar-refractivity contribution >= 4 is 12.1 Å². The molecule has 1 saturated carbocycles. The minimum atomic E-state index is -1.05. The molecule has 37 heavy (non-hydrogen) atoms. The molecule has 1 amide bonds. The third-order valence-corrected chi connectivity index (χ3v) is 6.96. The zero-order chi connectivity index (χ0) is 27.1. The highest BCUT2D eigenvalue weighted by molar-refractivity contribution is 5.79. The van der Waals surface area contributed by atoms with E-state index in [1.807, 2.05) is 39.0 Å². The van der Waals surface area contributed by atoms with E-state index in [9.17, 15) is 9.59 Å². The molecular weight excluding hydrogens is 472 g/mol. The Morgan fingerprint density at radius 1 is 1.03 bits per heavy atom. The lowest BCUT2D eigenvalue weighted by atomic mass is 9.82. The molecule has 1 heterocycles. The third-order valence-electron chi connectivity index (χ3n) is 6.96. The molecule has 1 aromatic carbocycles. The highest BCUT2D eigenvalue weighted by atomic mass is 16.6. The number of carbonyl (C=O) groups is 2. The SMILES string of the molecule is CCOC(=O)C(C)(C)Oc1ccccc1[C@H]1CC[C@@H](OC[C@@H]2NCCC[C@@H]2NC(=O)OC(C)(C)C)CC1. The molecule has 3 rings (SSSR count). The van der Waals surface area contributed by atoms with Gasteiger partial charge in [-0.3, -0.25) is 0 Å². The Labute approximate surface area is 222 Å². The zero-order valence-corrected chi connectivity index (χ0v) is 23.4. The molecule has 2 atom stereocenters. The van der Waals surface area contributed by atoms with Gasteiger partial charge >= 0.3 is 12.1 Å². The van der Waals surface area contributed by atoms with Crippen LogP contribution in [0, 0.1) is 0 Å². The van der Waals surface area contributed by atoms with Crippen molar-refractivity contribution < 1.29 is 28.5 Å². The number of amides is 1. The summed E-state index contributed by atoms with van der Waals surface area (Å²) in [4.78, 5) is 24.6. The van der Waals surface area contributed by atoms with E-state index in [4.69, 9.17) is 18.9 Å². The molecule has 8 heteroatoms. The van der Waals surface area contributed by atoms with Crippen molar-refractivity contribution in [3.63, 3.8) is 0 Å². The predicted molar refractivity (Wildman–Crippen MR) is 143 cm³/mol. The van der Waals surface area contributed by atoms with Gasteiger partial charge in [-0.05, 0) is 104 Å². The normalized spacial score (nSPS) is 24.7. The maximum absolute atomic E-state index is 12.3. The van der Waals surface area contributed by atoms with Crippen molar-refractivity contribution in [3.8, 4) is 5.75 Å². The summed E-state index contributed by atoms with van der Waals surface area (Å²) in [7, 11) is 0. The molecule has 0 spiro atoms. The Bertz CT molecular complexity index is 889. The number of esters is 1. The molecule has 0 unspecified atom stereocenters. The molecule has 0 radical (unpaired) electrons. The number of hydrogen-bond donors (Lipinski definition) is 2. The highest BCUT2D eigenvalue weighted by Gasteiger charge is 2.34. The summed E-state index contributed by atoms with van der Waals surface area (Å²) >= 11 is 0. The minimum Gasteiger partial charge on any atom is -0.476 e. The number of nitrogens with one attached hydrogen (secondary N) is 2. The van der Waals surface area contributed by atoms with Crippen LogP contribution in [-0.4, -0.2) is 61.2 Å². The van der Waals surface area contributed by atoms with Crippen LogP contribution in [0.25, 0.3) is 0 Å². The molecule has 0 bridgehead atoms. The van der Waals surface area contributed by atoms with Crippen LogP contribution in [0.3, 0.4) is 0 Å². The minimum absolute atomic E-state index is 0.00767. The molecule has 0 aromatic heterocycles. The van der Waals surface area contributed by atoms with E-state index in [1.165, 1.54) is 0 Å². The third kappa shape index (κ3) is 8.88. The molecule has 1 aromatic rings. The first kappa shape index (κ1) is 29.2. The standard InChI is InChI=1S/C29H46N2O6/c1-7-34-26(32)29(5,6)36-25-13-9-8-11-22(25)20-14-16-21(17-15-20)35-19-24-23(12-10-18-30-24)31-27(33)37-28(2,3)4/h8-9,11,13,20-21,23-24,30H,7,10,12,14-19H2,1-6H3,(H,31,33)/t20-,21+,23-,24-/m0/s1. The number of alkyl carbamates (subject to hydrolysis) is 1. The average Bonchev–Trinajstić information content (AvgIpc) is 2.83. The largest absolute Gasteiger partial charge is 0.476 e. The number of piperidine rings is 1. The second-order valence-corrected chi connectivity index (χ2v) is 11.6. The summed E-state index contributed by atoms with van der Waals surface area (Å²) in [5.41, 5.74) is -0.438. The summed E-state index contributed by atoms with van der Waals surface area (Å²) in [5.74, 6) is 0.730. The maximum Gasteiger partial charge on any atom is 0.407 e. The van der Waals surface area contributed by atoms with Crippen LogP contribution in [0.2, 0.25) is 0 Å². The Hall–Kier alpha value is -2.32. The monoisotopic (exact) mass is 518 g/mol. The van der Waals surface area contributed by atoms with E-state index in [-0.39, 0.29) is 30.3 Å². The van der Waals surface area contributed by atoms with E-state index in [2.05, 4.69) is 16.7 Å². The molecule has 2 aliphatic rings. The summed E-state index contributed by atoms with van der Waals surface area (Å²) in [6, 6.07) is 8.06. The van der Waals surface area contributed by atoms with Crippen molar-refractivity contribution in [1.82, 2.24) is 10.6 Å². The van der Waals surface area contributed by atoms with Crippen LogP contribution in [0.5, 0.6) is 5.75 Å². The molecule has 8 nitrogen and oxygen atoms in total. The van der Waals surface area contributed by atoms with Crippen LogP contribution in [0.1, 0.15) is 91.5 Å². The summed E-state index contributed by atoms with van der Waals surface area (Å²) in [6.45, 7) is 12.7. The molecule has 2 N–H and O–H groups in total. The molecule has 1 aliphatic heterocycles. The van der Waals surface area contributed by atoms with E-state index >= 15 is 0 Å². The number of carbonyl (C=O) groups excluding carboxylic acids is 2. The van der Waals surface area contributed by atoms with Gasteiger partial charge in [0.15, 0.2) is 5.60 Å². The number of para-hydroxylation sites is 1. The molecule has 208 valence electrons. The van der Waals surface area contributed by atoms with Crippen molar-refractivity contribution in [1.29, 1.82) is 0 Å². The van der Waals surface area contributed by atoms with Gasteiger partial charge in [-0.1, -0.05) is 18.2 Å². The summed E-state index contributed by atoms with van der Waals surface area (Å²) in [5, 5.41) is 6.54. The lowest BCUT2D eigenvalue weighted by Gasteiger charge is -2.36. The number of ether oxygens (including phenoxy) is 4. The smallest absolute Gasteiger partial charge is 0.407 e. The van der Waals surface area contributed by atoms with Crippen molar-refractivity contribution in [2.75, 3.05) is 19.8 Å². The van der Waals surface area contributed by atoms with E-state index in [0.29, 0.717) is 19.1 Å². The van der Waals surface area contributed by atoms with E-state index in [1.54, 1.807) is 20.8 Å². The highest BCUT2D eigenvalue weighted by Crippen LogP contribution is 2.39. The van der Waals surface area contributed by atoms with Gasteiger partial charge in [0.25, 0.3) is 0 Å². The average molecular weight is 519 g/mol. The first-order valence-electron chi connectivity index (χ1n) is 13.8. The molecule has 1 aliphatic carbocycles. The van der Waals surface area contributed by atoms with Crippen LogP contribution < -0.4 is 15.4 Å². The van der Waals surface area contributed by atoms with Crippen molar-refractivity contribution in [2.45, 2.75) is 115 Å². The Morgan fingerprint density at radius 2 is 1.73 bits per heavy atom. The Kier molecular flexibility index (Phi) is 10.2. The van der Waals surface area contributed by atoms with Gasteiger partial charge < -0.3 is 29.6 Å². The zero-order valence-electron chi connectivity index (χ0n) is 23.4. The predicted octanol–water partition coefficient (Wildman–Crippen LogP) is 5.10. The van der Waals surface area contributed by atoms with Crippen LogP contribution >= 0.6 is 0 Å². The topological polar surface area (TPSA) is 95.1 Å². The van der Waals surface area contributed by atoms with Gasteiger partial charge in [0.1, 0.15) is 11.4 Å². The lowest BCUT2D eigenvalue weighted by molar-refractivity contribution is -0.158. The summed E-state index contributed by atoms with van der Waals surface area (Å²) < 4.78 is 23.1. The van der Waals surface area contributed by atoms with Gasteiger partial charge in [-0.2, -0.15) is 0 Å². The first-order valence-corrected chi connectivity index (χ1v) is 13.8. The number of hydrogen-bond acceptors (Lipinski definition) is 7. The van der Waals surface area contributed by atoms with Gasteiger partial charge in [0.2, 0.25) is 0 Å². The van der Waals surface area contributed by atoms with Crippen molar-refractivity contribution in [2.24, 2.45) is 0 Å². The lowest BCUT2D eigenvalue weighted by Crippen LogP contribution is -2.56. The van der Waals surface area contributed by atoms with E-state index in [0.717, 1.165) is 56.4 Å². The van der Waals surface area contributed by atoms with Crippen molar-refractivity contribution in [3.05, 3.63) is 29.8 Å². The second-order valence-electron chi connectivity index (χ2n) is 11.6. The quantitative estimate of drug-likeness (QED) is 0.440. The van der Waals surface area contributed by atoms with Gasteiger partial charge in [-0.25, -0.2) is 9.59 Å². The van der Waals surface area contributed by atoms with Gasteiger partial charge in [-0.15, -0.1) is 0 Å². The maximum atomic E-state index is 12.3.